The number of hydrogen-bond acceptors (Lipinski definition) is 3. The maximum absolute atomic E-state index is 10.6. The first-order valence-corrected chi connectivity index (χ1v) is 5.91. The Bertz CT molecular complexity index is 765. The number of nitrogens with one attached hydrogen (secondary N) is 1. The lowest BCUT2D eigenvalue weighted by Crippen LogP contribution is -1.87. The van der Waals surface area contributed by atoms with E-state index in [-0.39, 0.29) is 5.69 Å². The molecule has 5 nitrogen and oxygen atoms in total. The van der Waals surface area contributed by atoms with Gasteiger partial charge in [-0.05, 0) is 30.3 Å². The molecule has 0 amide bonds. The van der Waals surface area contributed by atoms with Gasteiger partial charge in [0.15, 0.2) is 0 Å². The molecule has 3 aromatic rings. The van der Waals surface area contributed by atoms with E-state index in [0.29, 0.717) is 10.8 Å². The number of halogens is 1. The third kappa shape index (κ3) is 2.15. The molecule has 2 aromatic carbocycles. The summed E-state index contributed by atoms with van der Waals surface area (Å²) < 4.78 is 0. The number of rotatable bonds is 2. The van der Waals surface area contributed by atoms with Gasteiger partial charge in [0.2, 0.25) is 0 Å². The number of nitro groups is 1. The van der Waals surface area contributed by atoms with E-state index in [9.17, 15) is 10.1 Å². The molecule has 6 heteroatoms. The zero-order chi connectivity index (χ0) is 13.4. The van der Waals surface area contributed by atoms with Crippen LogP contribution in [0.25, 0.3) is 22.4 Å². The Balaban J connectivity index is 2.06. The number of fused-ring (bicyclic) bond motifs is 1. The Hall–Kier alpha value is -2.40. The van der Waals surface area contributed by atoms with Crippen molar-refractivity contribution in [2.24, 2.45) is 0 Å². The summed E-state index contributed by atoms with van der Waals surface area (Å²) >= 11 is 5.90. The molecule has 1 N–H and O–H groups in total. The minimum atomic E-state index is -0.428. The van der Waals surface area contributed by atoms with E-state index < -0.39 is 4.92 Å². The van der Waals surface area contributed by atoms with Crippen LogP contribution in [0.2, 0.25) is 5.02 Å². The average Bonchev–Trinajstić information content (AvgIpc) is 2.81. The van der Waals surface area contributed by atoms with Gasteiger partial charge in [0.1, 0.15) is 5.82 Å². The first-order valence-electron chi connectivity index (χ1n) is 5.53. The Labute approximate surface area is 113 Å². The van der Waals surface area contributed by atoms with Gasteiger partial charge in [-0.1, -0.05) is 11.6 Å². The molecule has 0 aliphatic rings. The lowest BCUT2D eigenvalue weighted by molar-refractivity contribution is -0.384. The summed E-state index contributed by atoms with van der Waals surface area (Å²) in [6, 6.07) is 11.6. The molecule has 0 aliphatic carbocycles. The predicted octanol–water partition coefficient (Wildman–Crippen LogP) is 3.79. The Kier molecular flexibility index (Phi) is 2.68. The number of hydrogen-bond donors (Lipinski definition) is 1. The first-order chi connectivity index (χ1) is 9.13. The van der Waals surface area contributed by atoms with Gasteiger partial charge in [-0.15, -0.1) is 0 Å². The monoisotopic (exact) mass is 273 g/mol. The fourth-order valence-corrected chi connectivity index (χ4v) is 2.02. The van der Waals surface area contributed by atoms with Crippen molar-refractivity contribution >= 4 is 28.3 Å². The van der Waals surface area contributed by atoms with Gasteiger partial charge >= 0.3 is 0 Å². The molecule has 0 aliphatic heterocycles. The number of nitrogens with zero attached hydrogens (tertiary/aromatic N) is 2. The molecule has 0 radical (unpaired) electrons. The minimum Gasteiger partial charge on any atom is -0.338 e. The number of aromatic amines is 1. The van der Waals surface area contributed by atoms with Crippen LogP contribution in [0.1, 0.15) is 0 Å². The fraction of sp³-hybridized carbons (Fsp3) is 0. The van der Waals surface area contributed by atoms with Crippen LogP contribution in [0, 0.1) is 10.1 Å². The van der Waals surface area contributed by atoms with E-state index in [2.05, 4.69) is 9.97 Å². The molecule has 0 bridgehead atoms. The van der Waals surface area contributed by atoms with Crippen LogP contribution < -0.4 is 0 Å². The first kappa shape index (κ1) is 11.7. The summed E-state index contributed by atoms with van der Waals surface area (Å²) in [6.45, 7) is 0. The van der Waals surface area contributed by atoms with Gasteiger partial charge in [-0.3, -0.25) is 10.1 Å². The molecular formula is C13H8ClN3O2. The molecule has 0 unspecified atom stereocenters. The highest BCUT2D eigenvalue weighted by molar-refractivity contribution is 6.31. The number of aromatic nitrogens is 2. The second-order valence-corrected chi connectivity index (χ2v) is 4.49. The maximum atomic E-state index is 10.6. The zero-order valence-corrected chi connectivity index (χ0v) is 10.4. The molecule has 19 heavy (non-hydrogen) atoms. The number of benzene rings is 2. The SMILES string of the molecule is O=[N+]([O-])c1ccc(-c2nc3cc(Cl)ccc3[nH]2)cc1. The van der Waals surface area contributed by atoms with E-state index in [0.717, 1.165) is 16.6 Å². The van der Waals surface area contributed by atoms with Crippen molar-refractivity contribution < 1.29 is 4.92 Å². The molecule has 0 spiro atoms. The lowest BCUT2D eigenvalue weighted by Gasteiger charge is -1.95. The van der Waals surface area contributed by atoms with Gasteiger partial charge in [0, 0.05) is 22.7 Å². The molecule has 0 fully saturated rings. The summed E-state index contributed by atoms with van der Waals surface area (Å²) in [6.07, 6.45) is 0. The van der Waals surface area contributed by atoms with E-state index in [1.807, 2.05) is 6.07 Å². The summed E-state index contributed by atoms with van der Waals surface area (Å²) in [5.41, 5.74) is 2.49. The van der Waals surface area contributed by atoms with Crippen molar-refractivity contribution in [3.63, 3.8) is 0 Å². The quantitative estimate of drug-likeness (QED) is 0.570. The summed E-state index contributed by atoms with van der Waals surface area (Å²) in [5.74, 6) is 0.659. The molecule has 0 saturated heterocycles. The number of non-ortho nitro benzene ring substituents is 1. The Morgan fingerprint density at radius 1 is 1.16 bits per heavy atom. The maximum Gasteiger partial charge on any atom is 0.269 e. The van der Waals surface area contributed by atoms with E-state index in [1.54, 1.807) is 24.3 Å². The van der Waals surface area contributed by atoms with Gasteiger partial charge in [0.05, 0.1) is 16.0 Å². The van der Waals surface area contributed by atoms with Crippen molar-refractivity contribution in [1.82, 2.24) is 9.97 Å². The van der Waals surface area contributed by atoms with Crippen molar-refractivity contribution in [2.75, 3.05) is 0 Å². The lowest BCUT2D eigenvalue weighted by atomic mass is 10.2. The Morgan fingerprint density at radius 3 is 2.58 bits per heavy atom. The predicted molar refractivity (Wildman–Crippen MR) is 73.2 cm³/mol. The van der Waals surface area contributed by atoms with Gasteiger partial charge in [-0.2, -0.15) is 0 Å². The number of imidazole rings is 1. The van der Waals surface area contributed by atoms with E-state index in [1.165, 1.54) is 12.1 Å². The van der Waals surface area contributed by atoms with Gasteiger partial charge < -0.3 is 4.98 Å². The highest BCUT2D eigenvalue weighted by atomic mass is 35.5. The van der Waals surface area contributed by atoms with Crippen LogP contribution in [-0.4, -0.2) is 14.9 Å². The highest BCUT2D eigenvalue weighted by Gasteiger charge is 2.08. The molecule has 0 saturated carbocycles. The van der Waals surface area contributed by atoms with Gasteiger partial charge in [-0.25, -0.2) is 4.98 Å². The largest absolute Gasteiger partial charge is 0.338 e. The summed E-state index contributed by atoms with van der Waals surface area (Å²) in [7, 11) is 0. The smallest absolute Gasteiger partial charge is 0.269 e. The van der Waals surface area contributed by atoms with Crippen molar-refractivity contribution in [3.05, 3.63) is 57.6 Å². The van der Waals surface area contributed by atoms with Crippen LogP contribution >= 0.6 is 11.6 Å². The Morgan fingerprint density at radius 2 is 1.89 bits per heavy atom. The van der Waals surface area contributed by atoms with Crippen LogP contribution in [0.3, 0.4) is 0 Å². The second kappa shape index (κ2) is 4.37. The van der Waals surface area contributed by atoms with Gasteiger partial charge in [0.25, 0.3) is 5.69 Å². The third-order valence-electron chi connectivity index (χ3n) is 2.80. The van der Waals surface area contributed by atoms with Crippen LogP contribution in [-0.2, 0) is 0 Å². The second-order valence-electron chi connectivity index (χ2n) is 4.05. The molecular weight excluding hydrogens is 266 g/mol. The standard InChI is InChI=1S/C13H8ClN3O2/c14-9-3-6-11-12(7-9)16-13(15-11)8-1-4-10(5-2-8)17(18)19/h1-7H,(H,15,16). The minimum absolute atomic E-state index is 0.0582. The van der Waals surface area contributed by atoms with Crippen LogP contribution in [0.4, 0.5) is 5.69 Å². The van der Waals surface area contributed by atoms with E-state index >= 15 is 0 Å². The zero-order valence-electron chi connectivity index (χ0n) is 9.63. The van der Waals surface area contributed by atoms with Crippen molar-refractivity contribution in [1.29, 1.82) is 0 Å². The number of H-pyrrole nitrogens is 1. The average molecular weight is 274 g/mol. The summed E-state index contributed by atoms with van der Waals surface area (Å²) in [4.78, 5) is 17.7. The van der Waals surface area contributed by atoms with Crippen LogP contribution in [0.5, 0.6) is 0 Å². The van der Waals surface area contributed by atoms with Crippen molar-refractivity contribution in [2.45, 2.75) is 0 Å². The number of nitro benzene ring substituents is 1. The molecule has 3 rings (SSSR count). The van der Waals surface area contributed by atoms with E-state index in [4.69, 9.17) is 11.6 Å². The van der Waals surface area contributed by atoms with Crippen LogP contribution in [0.15, 0.2) is 42.5 Å². The molecule has 94 valence electrons. The topological polar surface area (TPSA) is 71.8 Å². The fourth-order valence-electron chi connectivity index (χ4n) is 1.86. The molecule has 1 aromatic heterocycles. The normalized spacial score (nSPS) is 10.8. The highest BCUT2D eigenvalue weighted by Crippen LogP contribution is 2.24. The summed E-state index contributed by atoms with van der Waals surface area (Å²) in [5, 5.41) is 11.2. The third-order valence-corrected chi connectivity index (χ3v) is 3.03. The molecule has 0 atom stereocenters. The molecule has 1 heterocycles. The van der Waals surface area contributed by atoms with Crippen molar-refractivity contribution in [3.8, 4) is 11.4 Å².